The van der Waals surface area contributed by atoms with Gasteiger partial charge in [0.2, 0.25) is 0 Å². The fraction of sp³-hybridized carbons (Fsp3) is 0. The van der Waals surface area contributed by atoms with Crippen LogP contribution in [0, 0.1) is 22.7 Å². The van der Waals surface area contributed by atoms with Gasteiger partial charge in [-0.05, 0) is 151 Å². The molecule has 52 heavy (non-hydrogen) atoms. The predicted molar refractivity (Wildman–Crippen MR) is 214 cm³/mol. The van der Waals surface area contributed by atoms with Gasteiger partial charge < -0.3 is 0 Å². The van der Waals surface area contributed by atoms with E-state index in [-0.39, 0.29) is 0 Å². The second-order valence-electron chi connectivity index (χ2n) is 12.9. The van der Waals surface area contributed by atoms with Gasteiger partial charge in [-0.3, -0.25) is 0 Å². The molecule has 2 nitrogen and oxygen atoms in total. The Bertz CT molecular complexity index is 2430. The summed E-state index contributed by atoms with van der Waals surface area (Å²) < 4.78 is 0. The van der Waals surface area contributed by atoms with Crippen molar-refractivity contribution in [2.75, 3.05) is 0 Å². The highest BCUT2D eigenvalue weighted by molar-refractivity contribution is 5.88. The van der Waals surface area contributed by atoms with Gasteiger partial charge in [-0.15, -0.1) is 0 Å². The lowest BCUT2D eigenvalue weighted by molar-refractivity contribution is 1.47. The first-order valence-corrected chi connectivity index (χ1v) is 17.3. The van der Waals surface area contributed by atoms with Crippen LogP contribution in [0.25, 0.3) is 77.9 Å². The summed E-state index contributed by atoms with van der Waals surface area (Å²) >= 11 is 0. The molecule has 0 aromatic heterocycles. The summed E-state index contributed by atoms with van der Waals surface area (Å²) in [5, 5.41) is 20.3. The minimum atomic E-state index is 0.596. The maximum absolute atomic E-state index is 10.1. The maximum Gasteiger partial charge on any atom is 0.0992 e. The fourth-order valence-electron chi connectivity index (χ4n) is 6.83. The topological polar surface area (TPSA) is 47.6 Å². The molecule has 0 aliphatic heterocycles. The van der Waals surface area contributed by atoms with Gasteiger partial charge in [0.05, 0.1) is 23.3 Å². The first kappa shape index (κ1) is 32.0. The van der Waals surface area contributed by atoms with Crippen molar-refractivity contribution in [2.45, 2.75) is 0 Å². The van der Waals surface area contributed by atoms with E-state index < -0.39 is 0 Å². The summed E-state index contributed by atoms with van der Waals surface area (Å²) in [6.45, 7) is 0. The minimum Gasteiger partial charge on any atom is -0.192 e. The highest BCUT2D eigenvalue weighted by atomic mass is 14.3. The number of rotatable bonds is 7. The van der Waals surface area contributed by atoms with Crippen molar-refractivity contribution in [3.8, 4) is 90.0 Å². The van der Waals surface area contributed by atoms with Gasteiger partial charge in [0.25, 0.3) is 0 Å². The van der Waals surface area contributed by atoms with Crippen LogP contribution in [0.4, 0.5) is 0 Å². The van der Waals surface area contributed by atoms with E-state index in [1.807, 2.05) is 72.8 Å². The Labute approximate surface area is 304 Å². The van der Waals surface area contributed by atoms with E-state index in [1.54, 1.807) is 0 Å². The third-order valence-corrected chi connectivity index (χ3v) is 9.42. The lowest BCUT2D eigenvalue weighted by atomic mass is 9.88. The first-order chi connectivity index (χ1) is 25.6. The Hall–Kier alpha value is -7.26. The largest absolute Gasteiger partial charge is 0.192 e. The van der Waals surface area contributed by atoms with Crippen molar-refractivity contribution in [3.05, 3.63) is 205 Å². The second-order valence-corrected chi connectivity index (χ2v) is 12.9. The van der Waals surface area contributed by atoms with Gasteiger partial charge >= 0.3 is 0 Å². The molecule has 0 bridgehead atoms. The smallest absolute Gasteiger partial charge is 0.0992 e. The molecule has 0 saturated heterocycles. The normalized spacial score (nSPS) is 10.7. The van der Waals surface area contributed by atoms with Crippen molar-refractivity contribution < 1.29 is 0 Å². The Kier molecular flexibility index (Phi) is 8.80. The van der Waals surface area contributed by atoms with Crippen LogP contribution < -0.4 is 0 Å². The summed E-state index contributed by atoms with van der Waals surface area (Å²) in [7, 11) is 0. The summed E-state index contributed by atoms with van der Waals surface area (Å²) in [6, 6.07) is 71.6. The molecule has 0 fully saturated rings. The molecule has 0 amide bonds. The van der Waals surface area contributed by atoms with Gasteiger partial charge in [0.1, 0.15) is 0 Å². The minimum absolute atomic E-state index is 0.596. The molecule has 8 aromatic rings. The number of benzene rings is 8. The van der Waals surface area contributed by atoms with Crippen LogP contribution in [-0.4, -0.2) is 0 Å². The molecule has 8 aromatic carbocycles. The quantitative estimate of drug-likeness (QED) is 0.171. The van der Waals surface area contributed by atoms with Crippen molar-refractivity contribution in [1.82, 2.24) is 0 Å². The highest BCUT2D eigenvalue weighted by Crippen LogP contribution is 2.39. The van der Waals surface area contributed by atoms with Crippen LogP contribution in [0.2, 0.25) is 0 Å². The van der Waals surface area contributed by atoms with Crippen LogP contribution in [0.5, 0.6) is 0 Å². The summed E-state index contributed by atoms with van der Waals surface area (Å²) in [5.74, 6) is 0. The molecule has 0 atom stereocenters. The van der Waals surface area contributed by atoms with Crippen LogP contribution in [0.1, 0.15) is 11.1 Å². The zero-order valence-corrected chi connectivity index (χ0v) is 28.4. The average Bonchev–Trinajstić information content (AvgIpc) is 3.24. The SMILES string of the molecule is N#Cc1cc(-c2ccccc2)cc(-c2cc(-c3cc(C#N)cc(-c4ccccc4)c3)cc(-c3cc(-c4ccccc4)cc(-c4ccccc4)c3)c2)c1. The molecule has 0 aliphatic carbocycles. The molecule has 2 heteroatoms. The third kappa shape index (κ3) is 6.79. The molecule has 0 N–H and O–H groups in total. The standard InChI is InChI=1S/C50H32N2/c51-33-35-21-41(37-13-5-1-6-14-37)25-43(23-35)47-30-48(44-24-36(34-52)22-42(26-44)38-15-7-2-8-16-38)32-50(31-47)49-28-45(39-17-9-3-10-18-39)27-46(29-49)40-19-11-4-12-20-40/h1-32H. The lowest BCUT2D eigenvalue weighted by Crippen LogP contribution is -1.91. The lowest BCUT2D eigenvalue weighted by Gasteiger charge is -2.16. The van der Waals surface area contributed by atoms with Gasteiger partial charge in [-0.2, -0.15) is 10.5 Å². The molecule has 0 saturated carbocycles. The first-order valence-electron chi connectivity index (χ1n) is 17.3. The molecular formula is C50H32N2. The van der Waals surface area contributed by atoms with Crippen LogP contribution >= 0.6 is 0 Å². The van der Waals surface area contributed by atoms with Crippen molar-refractivity contribution in [1.29, 1.82) is 10.5 Å². The fourth-order valence-corrected chi connectivity index (χ4v) is 6.83. The van der Waals surface area contributed by atoms with Gasteiger partial charge in [-0.1, -0.05) is 121 Å². The zero-order chi connectivity index (χ0) is 35.3. The number of nitriles is 2. The molecule has 242 valence electrons. The van der Waals surface area contributed by atoms with E-state index >= 15 is 0 Å². The number of hydrogen-bond acceptors (Lipinski definition) is 2. The van der Waals surface area contributed by atoms with Crippen molar-refractivity contribution in [3.63, 3.8) is 0 Å². The molecule has 0 spiro atoms. The van der Waals surface area contributed by atoms with Crippen LogP contribution in [0.3, 0.4) is 0 Å². The Morgan fingerprint density at radius 1 is 0.212 bits per heavy atom. The van der Waals surface area contributed by atoms with E-state index in [2.05, 4.69) is 133 Å². The zero-order valence-electron chi connectivity index (χ0n) is 28.4. The van der Waals surface area contributed by atoms with Gasteiger partial charge in [0, 0.05) is 0 Å². The van der Waals surface area contributed by atoms with E-state index in [4.69, 9.17) is 0 Å². The Morgan fingerprint density at radius 2 is 0.385 bits per heavy atom. The molecule has 0 radical (unpaired) electrons. The molecule has 0 heterocycles. The maximum atomic E-state index is 10.1. The highest BCUT2D eigenvalue weighted by Gasteiger charge is 2.14. The summed E-state index contributed by atoms with van der Waals surface area (Å²) in [6.07, 6.45) is 0. The van der Waals surface area contributed by atoms with Crippen LogP contribution in [-0.2, 0) is 0 Å². The van der Waals surface area contributed by atoms with Crippen LogP contribution in [0.15, 0.2) is 194 Å². The van der Waals surface area contributed by atoms with Crippen molar-refractivity contribution >= 4 is 0 Å². The summed E-state index contributed by atoms with van der Waals surface area (Å²) in [4.78, 5) is 0. The average molecular weight is 661 g/mol. The van der Waals surface area contributed by atoms with E-state index in [9.17, 15) is 10.5 Å². The molecule has 0 unspecified atom stereocenters. The summed E-state index contributed by atoms with van der Waals surface area (Å²) in [5.41, 5.74) is 15.8. The van der Waals surface area contributed by atoms with E-state index in [0.29, 0.717) is 11.1 Å². The Balaban J connectivity index is 1.38. The monoisotopic (exact) mass is 660 g/mol. The van der Waals surface area contributed by atoms with Gasteiger partial charge in [-0.25, -0.2) is 0 Å². The van der Waals surface area contributed by atoms with E-state index in [0.717, 1.165) is 77.9 Å². The predicted octanol–water partition coefficient (Wildman–Crippen LogP) is 13.1. The Morgan fingerprint density at radius 3 is 0.596 bits per heavy atom. The van der Waals surface area contributed by atoms with E-state index in [1.165, 1.54) is 0 Å². The molecule has 0 aliphatic rings. The number of nitrogens with zero attached hydrogens (tertiary/aromatic N) is 2. The molecular weight excluding hydrogens is 629 g/mol. The molecule has 8 rings (SSSR count). The van der Waals surface area contributed by atoms with Crippen molar-refractivity contribution in [2.24, 2.45) is 0 Å². The number of hydrogen-bond donors (Lipinski definition) is 0. The third-order valence-electron chi connectivity index (χ3n) is 9.42. The van der Waals surface area contributed by atoms with Gasteiger partial charge in [0.15, 0.2) is 0 Å². The second kappa shape index (κ2) is 14.3.